The molecule has 0 atom stereocenters. The largest absolute Gasteiger partial charge is 0.0958 e. The van der Waals surface area contributed by atoms with Gasteiger partial charge >= 0.3 is 0 Å². The molecule has 0 saturated carbocycles. The van der Waals surface area contributed by atoms with Crippen molar-refractivity contribution < 1.29 is 0 Å². The average Bonchev–Trinajstić information content (AvgIpc) is 2.16. The fraction of sp³-hybridized carbons (Fsp3) is 0.286. The molecule has 0 saturated heterocycles. The molecule has 0 bridgehead atoms. The van der Waals surface area contributed by atoms with E-state index in [-0.39, 0.29) is 0 Å². The number of aryl methyl sites for hydroxylation is 2. The van der Waals surface area contributed by atoms with Crippen molar-refractivity contribution in [2.75, 3.05) is 0 Å². The van der Waals surface area contributed by atoms with Gasteiger partial charge < -0.3 is 0 Å². The minimum absolute atomic E-state index is 1.14. The second-order valence-corrected chi connectivity index (χ2v) is 4.15. The summed E-state index contributed by atoms with van der Waals surface area (Å²) in [6.07, 6.45) is 4.59. The normalized spacial score (nSPS) is 14.6. The van der Waals surface area contributed by atoms with Gasteiger partial charge in [-0.2, -0.15) is 0 Å². The maximum atomic E-state index is 4.00. The molecule has 0 radical (unpaired) electrons. The van der Waals surface area contributed by atoms with Gasteiger partial charge in [-0.15, -0.1) is 0 Å². The zero-order chi connectivity index (χ0) is 10.1. The summed E-state index contributed by atoms with van der Waals surface area (Å²) in [5, 5.41) is 0. The predicted octanol–water partition coefficient (Wildman–Crippen LogP) is 3.90. The molecule has 1 aromatic rings. The zero-order valence-corrected chi connectivity index (χ0v) is 8.93. The van der Waals surface area contributed by atoms with Crippen molar-refractivity contribution in [3.05, 3.63) is 52.6 Å². The molecule has 14 heavy (non-hydrogen) atoms. The number of benzene rings is 1. The van der Waals surface area contributed by atoms with Gasteiger partial charge in [0.1, 0.15) is 0 Å². The molecule has 0 aliphatic heterocycles. The van der Waals surface area contributed by atoms with Crippen molar-refractivity contribution in [3.63, 3.8) is 0 Å². The van der Waals surface area contributed by atoms with Crippen LogP contribution in [0.4, 0.5) is 0 Å². The monoisotopic (exact) mass is 184 g/mol. The van der Waals surface area contributed by atoms with E-state index in [0.29, 0.717) is 0 Å². The first kappa shape index (κ1) is 9.26. The standard InChI is InChI=1S/C14H16/c1-10(2)12-6-7-13-8-11(3)4-5-14(13)9-12/h4-5,8-9H,1,6-7H2,2-3H3. The van der Waals surface area contributed by atoms with Crippen LogP contribution < -0.4 is 0 Å². The summed E-state index contributed by atoms with van der Waals surface area (Å²) >= 11 is 0. The summed E-state index contributed by atoms with van der Waals surface area (Å²) in [5.74, 6) is 0. The van der Waals surface area contributed by atoms with E-state index in [1.54, 1.807) is 0 Å². The molecule has 0 spiro atoms. The predicted molar refractivity (Wildman–Crippen MR) is 62.3 cm³/mol. The van der Waals surface area contributed by atoms with E-state index in [0.717, 1.165) is 12.8 Å². The van der Waals surface area contributed by atoms with Crippen molar-refractivity contribution in [1.29, 1.82) is 0 Å². The molecule has 0 N–H and O–H groups in total. The van der Waals surface area contributed by atoms with Crippen LogP contribution in [0, 0.1) is 6.92 Å². The second-order valence-electron chi connectivity index (χ2n) is 4.15. The van der Waals surface area contributed by atoms with Crippen LogP contribution >= 0.6 is 0 Å². The molecule has 0 unspecified atom stereocenters. The van der Waals surface area contributed by atoms with Crippen LogP contribution in [0.25, 0.3) is 6.08 Å². The Morgan fingerprint density at radius 1 is 1.29 bits per heavy atom. The van der Waals surface area contributed by atoms with Gasteiger partial charge in [0.15, 0.2) is 0 Å². The molecule has 0 amide bonds. The average molecular weight is 184 g/mol. The Morgan fingerprint density at radius 3 is 2.79 bits per heavy atom. The van der Waals surface area contributed by atoms with Crippen molar-refractivity contribution in [2.45, 2.75) is 26.7 Å². The summed E-state index contributed by atoms with van der Waals surface area (Å²) in [7, 11) is 0. The minimum atomic E-state index is 1.14. The van der Waals surface area contributed by atoms with Crippen LogP contribution in [0.1, 0.15) is 30.0 Å². The van der Waals surface area contributed by atoms with E-state index in [1.165, 1.54) is 27.8 Å². The number of hydrogen-bond acceptors (Lipinski definition) is 0. The zero-order valence-electron chi connectivity index (χ0n) is 8.93. The van der Waals surface area contributed by atoms with Gasteiger partial charge in [-0.3, -0.25) is 0 Å². The third-order valence-electron chi connectivity index (χ3n) is 2.84. The highest BCUT2D eigenvalue weighted by atomic mass is 14.1. The van der Waals surface area contributed by atoms with Crippen molar-refractivity contribution in [2.24, 2.45) is 0 Å². The molecule has 0 fully saturated rings. The van der Waals surface area contributed by atoms with Gasteiger partial charge in [0.05, 0.1) is 0 Å². The van der Waals surface area contributed by atoms with E-state index < -0.39 is 0 Å². The highest BCUT2D eigenvalue weighted by Crippen LogP contribution is 2.27. The van der Waals surface area contributed by atoms with Crippen molar-refractivity contribution in [3.8, 4) is 0 Å². The number of allylic oxidation sites excluding steroid dienone is 2. The topological polar surface area (TPSA) is 0 Å². The first-order valence-electron chi connectivity index (χ1n) is 5.13. The van der Waals surface area contributed by atoms with E-state index in [4.69, 9.17) is 0 Å². The van der Waals surface area contributed by atoms with E-state index in [1.807, 2.05) is 0 Å². The van der Waals surface area contributed by atoms with Crippen LogP contribution in [0.3, 0.4) is 0 Å². The van der Waals surface area contributed by atoms with Gasteiger partial charge in [-0.25, -0.2) is 0 Å². The van der Waals surface area contributed by atoms with E-state index in [2.05, 4.69) is 44.7 Å². The summed E-state index contributed by atoms with van der Waals surface area (Å²) < 4.78 is 0. The molecule has 0 nitrogen and oxygen atoms in total. The lowest BCUT2D eigenvalue weighted by molar-refractivity contribution is 0.933. The molecular formula is C14H16. The van der Waals surface area contributed by atoms with Crippen LogP contribution in [0.5, 0.6) is 0 Å². The minimum Gasteiger partial charge on any atom is -0.0958 e. The summed E-state index contributed by atoms with van der Waals surface area (Å²) in [6, 6.07) is 6.69. The van der Waals surface area contributed by atoms with Gasteiger partial charge in [-0.05, 0) is 43.4 Å². The van der Waals surface area contributed by atoms with Gasteiger partial charge in [0.25, 0.3) is 0 Å². The van der Waals surface area contributed by atoms with Crippen LogP contribution in [-0.4, -0.2) is 0 Å². The SMILES string of the molecule is C=C(C)C1=Cc2ccc(C)cc2CC1. The second kappa shape index (κ2) is 3.45. The molecule has 0 heteroatoms. The molecular weight excluding hydrogens is 168 g/mol. The van der Waals surface area contributed by atoms with E-state index in [9.17, 15) is 0 Å². The van der Waals surface area contributed by atoms with Crippen LogP contribution in [-0.2, 0) is 6.42 Å². The fourth-order valence-electron chi connectivity index (χ4n) is 1.96. The highest BCUT2D eigenvalue weighted by Gasteiger charge is 2.10. The molecule has 0 aromatic heterocycles. The molecule has 1 aliphatic rings. The third kappa shape index (κ3) is 1.65. The molecule has 1 aromatic carbocycles. The molecule has 72 valence electrons. The first-order valence-corrected chi connectivity index (χ1v) is 5.13. The summed E-state index contributed by atoms with van der Waals surface area (Å²) in [6.45, 7) is 8.24. The van der Waals surface area contributed by atoms with Crippen molar-refractivity contribution >= 4 is 6.08 Å². The highest BCUT2D eigenvalue weighted by molar-refractivity contribution is 5.63. The molecule has 1 aliphatic carbocycles. The fourth-order valence-corrected chi connectivity index (χ4v) is 1.96. The smallest absolute Gasteiger partial charge is 0.0221 e. The number of fused-ring (bicyclic) bond motifs is 1. The summed E-state index contributed by atoms with van der Waals surface area (Å²) in [4.78, 5) is 0. The number of hydrogen-bond donors (Lipinski definition) is 0. The van der Waals surface area contributed by atoms with Gasteiger partial charge in [0, 0.05) is 0 Å². The van der Waals surface area contributed by atoms with Gasteiger partial charge in [-0.1, -0.05) is 42.0 Å². The lowest BCUT2D eigenvalue weighted by atomic mass is 9.89. The Morgan fingerprint density at radius 2 is 2.07 bits per heavy atom. The lowest BCUT2D eigenvalue weighted by Crippen LogP contribution is -2.00. The summed E-state index contributed by atoms with van der Waals surface area (Å²) in [5.41, 5.74) is 6.82. The Labute approximate surface area is 86.0 Å². The van der Waals surface area contributed by atoms with Crippen LogP contribution in [0.2, 0.25) is 0 Å². The van der Waals surface area contributed by atoms with Crippen LogP contribution in [0.15, 0.2) is 35.9 Å². The van der Waals surface area contributed by atoms with Gasteiger partial charge in [0.2, 0.25) is 0 Å². The maximum Gasteiger partial charge on any atom is -0.0221 e. The quantitative estimate of drug-likeness (QED) is 0.621. The lowest BCUT2D eigenvalue weighted by Gasteiger charge is -2.16. The molecule has 0 heterocycles. The third-order valence-corrected chi connectivity index (χ3v) is 2.84. The maximum absolute atomic E-state index is 4.00. The first-order chi connectivity index (χ1) is 6.66. The van der Waals surface area contributed by atoms with Crippen molar-refractivity contribution in [1.82, 2.24) is 0 Å². The Balaban J connectivity index is 2.45. The molecule has 2 rings (SSSR count). The Hall–Kier alpha value is -1.30. The Bertz CT molecular complexity index is 408. The van der Waals surface area contributed by atoms with E-state index >= 15 is 0 Å². The number of rotatable bonds is 1. The Kier molecular flexibility index (Phi) is 2.28.